The highest BCUT2D eigenvalue weighted by molar-refractivity contribution is 7.09. The Morgan fingerprint density at radius 2 is 2.36 bits per heavy atom. The van der Waals surface area contributed by atoms with Gasteiger partial charge in [0.2, 0.25) is 0 Å². The van der Waals surface area contributed by atoms with Crippen LogP contribution < -0.4 is 4.74 Å². The van der Waals surface area contributed by atoms with Gasteiger partial charge in [-0.15, -0.1) is 11.3 Å². The Morgan fingerprint density at radius 3 is 3.04 bits per heavy atom. The molecule has 0 bridgehead atoms. The molecule has 1 saturated heterocycles. The average Bonchev–Trinajstić information content (AvgIpc) is 3.29. The van der Waals surface area contributed by atoms with Crippen LogP contribution in [0.2, 0.25) is 0 Å². The molecular formula is C19H24N2O3S. The van der Waals surface area contributed by atoms with Gasteiger partial charge < -0.3 is 14.4 Å². The molecule has 1 fully saturated rings. The molecule has 2 heterocycles. The highest BCUT2D eigenvalue weighted by Crippen LogP contribution is 2.19. The SMILES string of the molecule is CCN(CC1CCOC1)C(=O)c1cccc(OCc2csc(C)n2)c1. The van der Waals surface area contributed by atoms with Crippen LogP contribution in [0, 0.1) is 12.8 Å². The lowest BCUT2D eigenvalue weighted by Gasteiger charge is -2.24. The Hall–Kier alpha value is -1.92. The topological polar surface area (TPSA) is 51.7 Å². The van der Waals surface area contributed by atoms with Crippen molar-refractivity contribution < 1.29 is 14.3 Å². The van der Waals surface area contributed by atoms with Crippen LogP contribution in [-0.4, -0.2) is 42.1 Å². The van der Waals surface area contributed by atoms with Crippen LogP contribution in [0.25, 0.3) is 0 Å². The van der Waals surface area contributed by atoms with Crippen molar-refractivity contribution in [2.45, 2.75) is 26.9 Å². The second-order valence-corrected chi connectivity index (χ2v) is 7.31. The number of nitrogens with zero attached hydrogens (tertiary/aromatic N) is 2. The smallest absolute Gasteiger partial charge is 0.253 e. The first-order chi connectivity index (χ1) is 12.2. The van der Waals surface area contributed by atoms with Crippen LogP contribution >= 0.6 is 11.3 Å². The van der Waals surface area contributed by atoms with Crippen LogP contribution in [0.1, 0.15) is 34.4 Å². The molecule has 0 saturated carbocycles. The van der Waals surface area contributed by atoms with Crippen molar-refractivity contribution in [1.29, 1.82) is 0 Å². The zero-order valence-electron chi connectivity index (χ0n) is 14.7. The third-order valence-electron chi connectivity index (χ3n) is 4.31. The van der Waals surface area contributed by atoms with Crippen molar-refractivity contribution in [2.75, 3.05) is 26.3 Å². The summed E-state index contributed by atoms with van der Waals surface area (Å²) in [5, 5.41) is 3.02. The molecule has 1 unspecified atom stereocenters. The van der Waals surface area contributed by atoms with Crippen molar-refractivity contribution in [3.05, 3.63) is 45.9 Å². The summed E-state index contributed by atoms with van der Waals surface area (Å²) >= 11 is 1.61. The maximum atomic E-state index is 12.8. The zero-order chi connectivity index (χ0) is 17.6. The van der Waals surface area contributed by atoms with Gasteiger partial charge in [-0.25, -0.2) is 4.98 Å². The summed E-state index contributed by atoms with van der Waals surface area (Å²) in [4.78, 5) is 19.1. The van der Waals surface area contributed by atoms with Gasteiger partial charge >= 0.3 is 0 Å². The van der Waals surface area contributed by atoms with Crippen molar-refractivity contribution in [3.63, 3.8) is 0 Å². The van der Waals surface area contributed by atoms with Gasteiger partial charge in [0.05, 0.1) is 17.3 Å². The lowest BCUT2D eigenvalue weighted by Crippen LogP contribution is -2.35. The molecule has 1 aliphatic rings. The van der Waals surface area contributed by atoms with Gasteiger partial charge in [0, 0.05) is 36.6 Å². The monoisotopic (exact) mass is 360 g/mol. The van der Waals surface area contributed by atoms with Crippen molar-refractivity contribution >= 4 is 17.2 Å². The third-order valence-corrected chi connectivity index (χ3v) is 5.13. The first-order valence-corrected chi connectivity index (χ1v) is 9.54. The second kappa shape index (κ2) is 8.45. The molecule has 1 aromatic heterocycles. The van der Waals surface area contributed by atoms with Crippen molar-refractivity contribution in [2.24, 2.45) is 5.92 Å². The molecule has 6 heteroatoms. The summed E-state index contributed by atoms with van der Waals surface area (Å²) < 4.78 is 11.2. The van der Waals surface area contributed by atoms with Gasteiger partial charge in [-0.05, 0) is 38.5 Å². The number of benzene rings is 1. The van der Waals surface area contributed by atoms with Crippen LogP contribution in [0.15, 0.2) is 29.6 Å². The molecule has 1 aliphatic heterocycles. The van der Waals surface area contributed by atoms with E-state index in [4.69, 9.17) is 9.47 Å². The molecule has 0 N–H and O–H groups in total. The standard InChI is InChI=1S/C19H24N2O3S/c1-3-21(10-15-7-8-23-11-15)19(22)16-5-4-6-18(9-16)24-12-17-13-25-14(2)20-17/h4-6,9,13,15H,3,7-8,10-12H2,1-2H3. The molecule has 3 rings (SSSR count). The summed E-state index contributed by atoms with van der Waals surface area (Å²) in [5.74, 6) is 1.18. The number of carbonyl (C=O) groups excluding carboxylic acids is 1. The van der Waals surface area contributed by atoms with Crippen molar-refractivity contribution in [3.8, 4) is 5.75 Å². The summed E-state index contributed by atoms with van der Waals surface area (Å²) in [5.41, 5.74) is 1.57. The first-order valence-electron chi connectivity index (χ1n) is 8.66. The zero-order valence-corrected chi connectivity index (χ0v) is 15.6. The molecular weight excluding hydrogens is 336 g/mol. The van der Waals surface area contributed by atoms with E-state index >= 15 is 0 Å². The lowest BCUT2D eigenvalue weighted by molar-refractivity contribution is 0.0730. The minimum atomic E-state index is 0.0457. The first kappa shape index (κ1) is 17.9. The maximum absolute atomic E-state index is 12.8. The van der Waals surface area contributed by atoms with E-state index in [0.29, 0.717) is 30.4 Å². The van der Waals surface area contributed by atoms with E-state index in [0.717, 1.165) is 36.9 Å². The van der Waals surface area contributed by atoms with E-state index in [-0.39, 0.29) is 5.91 Å². The molecule has 134 valence electrons. The van der Waals surface area contributed by atoms with Gasteiger partial charge in [-0.2, -0.15) is 0 Å². The Balaban J connectivity index is 1.63. The molecule has 2 aromatic rings. The number of rotatable bonds is 7. The number of aryl methyl sites for hydroxylation is 1. The number of aromatic nitrogens is 1. The van der Waals surface area contributed by atoms with Gasteiger partial charge in [0.1, 0.15) is 12.4 Å². The third kappa shape index (κ3) is 4.80. The normalized spacial score (nSPS) is 16.8. The fourth-order valence-electron chi connectivity index (χ4n) is 2.93. The highest BCUT2D eigenvalue weighted by atomic mass is 32.1. The van der Waals surface area contributed by atoms with E-state index in [1.165, 1.54) is 0 Å². The Labute approximate surface area is 152 Å². The van der Waals surface area contributed by atoms with E-state index < -0.39 is 0 Å². The number of thiazole rings is 1. The number of ether oxygens (including phenoxy) is 2. The minimum Gasteiger partial charge on any atom is -0.487 e. The molecule has 5 nitrogen and oxygen atoms in total. The summed E-state index contributed by atoms with van der Waals surface area (Å²) in [6, 6.07) is 7.39. The minimum absolute atomic E-state index is 0.0457. The van der Waals surface area contributed by atoms with Crippen LogP contribution in [0.4, 0.5) is 0 Å². The molecule has 25 heavy (non-hydrogen) atoms. The molecule has 1 amide bonds. The number of carbonyl (C=O) groups is 1. The molecule has 0 aliphatic carbocycles. The fourth-order valence-corrected chi connectivity index (χ4v) is 3.53. The highest BCUT2D eigenvalue weighted by Gasteiger charge is 2.22. The van der Waals surface area contributed by atoms with E-state index in [2.05, 4.69) is 4.98 Å². The van der Waals surface area contributed by atoms with Gasteiger partial charge in [0.15, 0.2) is 0 Å². The summed E-state index contributed by atoms with van der Waals surface area (Å²) in [7, 11) is 0. The van der Waals surface area contributed by atoms with Gasteiger partial charge in [0.25, 0.3) is 5.91 Å². The number of hydrogen-bond acceptors (Lipinski definition) is 5. The Morgan fingerprint density at radius 1 is 1.48 bits per heavy atom. The second-order valence-electron chi connectivity index (χ2n) is 6.25. The average molecular weight is 360 g/mol. The van der Waals surface area contributed by atoms with E-state index in [1.807, 2.05) is 48.4 Å². The number of amides is 1. The summed E-state index contributed by atoms with van der Waals surface area (Å²) in [6.45, 7) is 7.40. The van der Waals surface area contributed by atoms with Gasteiger partial charge in [-0.1, -0.05) is 6.07 Å². The lowest BCUT2D eigenvalue weighted by atomic mass is 10.1. The van der Waals surface area contributed by atoms with Crippen LogP contribution in [-0.2, 0) is 11.3 Å². The molecule has 0 radical (unpaired) electrons. The fraction of sp³-hybridized carbons (Fsp3) is 0.474. The Kier molecular flexibility index (Phi) is 6.04. The molecule has 0 spiro atoms. The predicted octanol–water partition coefficient (Wildman–Crippen LogP) is 3.53. The molecule has 1 aromatic carbocycles. The van der Waals surface area contributed by atoms with E-state index in [9.17, 15) is 4.79 Å². The molecule has 1 atom stereocenters. The summed E-state index contributed by atoms with van der Waals surface area (Å²) in [6.07, 6.45) is 1.03. The predicted molar refractivity (Wildman–Crippen MR) is 98.1 cm³/mol. The van der Waals surface area contributed by atoms with Gasteiger partial charge in [-0.3, -0.25) is 4.79 Å². The quantitative estimate of drug-likeness (QED) is 0.758. The Bertz CT molecular complexity index is 710. The van der Waals surface area contributed by atoms with Crippen LogP contribution in [0.3, 0.4) is 0 Å². The van der Waals surface area contributed by atoms with E-state index in [1.54, 1.807) is 11.3 Å². The number of hydrogen-bond donors (Lipinski definition) is 0. The largest absolute Gasteiger partial charge is 0.487 e. The van der Waals surface area contributed by atoms with Crippen LogP contribution in [0.5, 0.6) is 5.75 Å². The van der Waals surface area contributed by atoms with Crippen molar-refractivity contribution in [1.82, 2.24) is 9.88 Å². The maximum Gasteiger partial charge on any atom is 0.253 e.